The lowest BCUT2D eigenvalue weighted by Gasteiger charge is -2.41. The average molecular weight is 681 g/mol. The van der Waals surface area contributed by atoms with Crippen LogP contribution in [-0.2, 0) is 22.2 Å². The minimum Gasteiger partial charge on any atom is -0.496 e. The van der Waals surface area contributed by atoms with Crippen LogP contribution in [0.3, 0.4) is 0 Å². The maximum absolute atomic E-state index is 13.6. The zero-order chi connectivity index (χ0) is 32.8. The Balaban J connectivity index is 1.40. The van der Waals surface area contributed by atoms with Crippen LogP contribution in [-0.4, -0.2) is 82.3 Å². The Bertz CT molecular complexity index is 1620. The highest BCUT2D eigenvalue weighted by Gasteiger charge is 2.27. The number of piperidine rings is 1. The van der Waals surface area contributed by atoms with Crippen molar-refractivity contribution in [1.29, 1.82) is 0 Å². The molecule has 2 aliphatic rings. The fraction of sp³-hybridized carbons (Fsp3) is 0.467. The van der Waals surface area contributed by atoms with E-state index in [0.717, 1.165) is 63.4 Å². The van der Waals surface area contributed by atoms with E-state index in [1.807, 2.05) is 6.92 Å². The van der Waals surface area contributed by atoms with Crippen LogP contribution in [0.2, 0.25) is 5.02 Å². The molecule has 0 amide bonds. The second-order valence-corrected chi connectivity index (χ2v) is 13.2. The van der Waals surface area contributed by atoms with E-state index in [4.69, 9.17) is 26.2 Å². The predicted octanol–water partition coefficient (Wildman–Crippen LogP) is 4.45. The molecule has 2 aromatic carbocycles. The van der Waals surface area contributed by atoms with Crippen molar-refractivity contribution in [1.82, 2.24) is 20.2 Å². The zero-order valence-corrected chi connectivity index (χ0v) is 27.3. The first-order valence-electron chi connectivity index (χ1n) is 15.1. The van der Waals surface area contributed by atoms with E-state index in [2.05, 4.69) is 35.7 Å². The third-order valence-electron chi connectivity index (χ3n) is 8.19. The molecule has 5 N–H and O–H groups in total. The predicted molar refractivity (Wildman–Crippen MR) is 176 cm³/mol. The second-order valence-electron chi connectivity index (χ2n) is 11.1. The number of nitrogens with zero attached hydrogens (tertiary/aromatic N) is 4. The molecule has 0 unspecified atom stereocenters. The summed E-state index contributed by atoms with van der Waals surface area (Å²) in [6.07, 6.45) is 3.99. The van der Waals surface area contributed by atoms with Gasteiger partial charge in [-0.2, -0.15) is 13.8 Å². The molecular formula is C30H39ClF2N8O4S. The van der Waals surface area contributed by atoms with Gasteiger partial charge in [-0.05, 0) is 43.0 Å². The number of aryl methyl sites for hydroxylation is 1. The molecule has 0 atom stereocenters. The summed E-state index contributed by atoms with van der Waals surface area (Å²) in [6, 6.07) is 8.85. The van der Waals surface area contributed by atoms with Crippen molar-refractivity contribution in [2.75, 3.05) is 61.9 Å². The van der Waals surface area contributed by atoms with Gasteiger partial charge < -0.3 is 30.3 Å². The van der Waals surface area contributed by atoms with Gasteiger partial charge in [0.1, 0.15) is 10.8 Å². The highest BCUT2D eigenvalue weighted by molar-refractivity contribution is 7.88. The van der Waals surface area contributed by atoms with Crippen molar-refractivity contribution in [3.05, 3.63) is 52.7 Å². The van der Waals surface area contributed by atoms with Gasteiger partial charge in [0.15, 0.2) is 11.6 Å². The van der Waals surface area contributed by atoms with Crippen molar-refractivity contribution >= 4 is 50.5 Å². The van der Waals surface area contributed by atoms with Crippen LogP contribution in [0.15, 0.2) is 36.5 Å². The van der Waals surface area contributed by atoms with Gasteiger partial charge in [0, 0.05) is 68.3 Å². The summed E-state index contributed by atoms with van der Waals surface area (Å²) in [4.78, 5) is 13.5. The van der Waals surface area contributed by atoms with E-state index in [-0.39, 0.29) is 33.8 Å². The van der Waals surface area contributed by atoms with Gasteiger partial charge in [-0.1, -0.05) is 24.6 Å². The quantitative estimate of drug-likeness (QED) is 0.215. The number of alkyl halides is 2. The number of anilines is 5. The van der Waals surface area contributed by atoms with Gasteiger partial charge in [0.05, 0.1) is 24.7 Å². The number of piperazine rings is 1. The summed E-state index contributed by atoms with van der Waals surface area (Å²) in [7, 11) is -2.49. The number of ether oxygens (including phenoxy) is 2. The number of aromatic nitrogens is 2. The maximum atomic E-state index is 13.6. The van der Waals surface area contributed by atoms with E-state index in [9.17, 15) is 17.2 Å². The largest absolute Gasteiger partial charge is 0.496 e. The Morgan fingerprint density at radius 2 is 1.85 bits per heavy atom. The van der Waals surface area contributed by atoms with Crippen LogP contribution in [0.1, 0.15) is 30.9 Å². The van der Waals surface area contributed by atoms with Crippen molar-refractivity contribution in [2.24, 2.45) is 5.14 Å². The lowest BCUT2D eigenvalue weighted by Crippen LogP contribution is -2.52. The number of nitrogens with one attached hydrogen (secondary N) is 3. The van der Waals surface area contributed by atoms with E-state index in [1.165, 1.54) is 13.3 Å². The number of hydrogen-bond donors (Lipinski definition) is 4. The summed E-state index contributed by atoms with van der Waals surface area (Å²) < 4.78 is 61.4. The van der Waals surface area contributed by atoms with Crippen LogP contribution in [0.5, 0.6) is 11.5 Å². The molecule has 0 bridgehead atoms. The van der Waals surface area contributed by atoms with Crippen molar-refractivity contribution < 1.29 is 26.7 Å². The molecule has 2 saturated heterocycles. The Morgan fingerprint density at radius 1 is 1.11 bits per heavy atom. The standard InChI is InChI=1S/C30H39ClF2N8O4S/c1-3-19-15-24(27(45-29(32)33)16-25(19)41-11-7-20(8-12-41)40-13-9-35-10-14-40)38-30-36-17-22(31)28(39-30)37-23-5-4-6-26(44-2)21(23)18-46(34,42)43/h4-6,15-17,20,29,35H,3,7-14,18H2,1-2H3,(H2,34,42,43)(H2,36,37,38,39). The van der Waals surface area contributed by atoms with Gasteiger partial charge in [0.2, 0.25) is 16.0 Å². The Hall–Kier alpha value is -3.50. The van der Waals surface area contributed by atoms with Gasteiger partial charge in [-0.25, -0.2) is 18.5 Å². The molecular weight excluding hydrogens is 642 g/mol. The number of hydrogen-bond acceptors (Lipinski definition) is 11. The highest BCUT2D eigenvalue weighted by Crippen LogP contribution is 2.38. The number of methoxy groups -OCH3 is 1. The summed E-state index contributed by atoms with van der Waals surface area (Å²) in [6.45, 7) is 4.67. The molecule has 3 aromatic rings. The minimum atomic E-state index is -3.91. The third-order valence-corrected chi connectivity index (χ3v) is 9.16. The number of nitrogens with two attached hydrogens (primary N) is 1. The lowest BCUT2D eigenvalue weighted by atomic mass is 9.99. The molecule has 3 heterocycles. The van der Waals surface area contributed by atoms with Crippen LogP contribution >= 0.6 is 11.6 Å². The SMILES string of the molecule is CCc1cc(Nc2ncc(Cl)c(Nc3cccc(OC)c3CS(N)(=O)=O)n2)c(OC(F)F)cc1N1CCC(N2CCNCC2)CC1. The molecule has 5 rings (SSSR count). The topological polar surface area (TPSA) is 147 Å². The zero-order valence-electron chi connectivity index (χ0n) is 25.7. The second kappa shape index (κ2) is 14.9. The highest BCUT2D eigenvalue weighted by atomic mass is 35.5. The molecule has 0 aliphatic carbocycles. The lowest BCUT2D eigenvalue weighted by molar-refractivity contribution is -0.0493. The van der Waals surface area contributed by atoms with Crippen LogP contribution in [0.25, 0.3) is 0 Å². The Labute approximate surface area is 272 Å². The summed E-state index contributed by atoms with van der Waals surface area (Å²) in [5.41, 5.74) is 2.72. The average Bonchev–Trinajstić information content (AvgIpc) is 3.03. The monoisotopic (exact) mass is 680 g/mol. The molecule has 0 spiro atoms. The fourth-order valence-corrected chi connectivity index (χ4v) is 6.83. The maximum Gasteiger partial charge on any atom is 0.387 e. The van der Waals surface area contributed by atoms with Gasteiger partial charge in [-0.3, -0.25) is 4.90 Å². The molecule has 12 nitrogen and oxygen atoms in total. The third kappa shape index (κ3) is 8.45. The Morgan fingerprint density at radius 3 is 2.50 bits per heavy atom. The number of primary sulfonamides is 1. The molecule has 0 radical (unpaired) electrons. The van der Waals surface area contributed by atoms with Gasteiger partial charge >= 0.3 is 6.61 Å². The first kappa shape index (κ1) is 33.9. The number of rotatable bonds is 12. The smallest absolute Gasteiger partial charge is 0.387 e. The number of benzene rings is 2. The molecule has 250 valence electrons. The first-order valence-corrected chi connectivity index (χ1v) is 17.2. The molecule has 2 aliphatic heterocycles. The molecule has 16 heteroatoms. The summed E-state index contributed by atoms with van der Waals surface area (Å²) >= 11 is 6.40. The number of halogens is 3. The fourth-order valence-electron chi connectivity index (χ4n) is 5.99. The number of sulfonamides is 1. The van der Waals surface area contributed by atoms with Crippen LogP contribution < -0.4 is 35.5 Å². The summed E-state index contributed by atoms with van der Waals surface area (Å²) in [5.74, 6) is -0.0481. The Kier molecular flexibility index (Phi) is 11.0. The first-order chi connectivity index (χ1) is 22.0. The van der Waals surface area contributed by atoms with Crippen molar-refractivity contribution in [3.8, 4) is 11.5 Å². The molecule has 1 aromatic heterocycles. The van der Waals surface area contributed by atoms with E-state index in [1.54, 1.807) is 30.3 Å². The normalized spacial score (nSPS) is 16.5. The van der Waals surface area contributed by atoms with Crippen LogP contribution in [0.4, 0.5) is 37.6 Å². The van der Waals surface area contributed by atoms with E-state index in [0.29, 0.717) is 23.9 Å². The molecule has 2 fully saturated rings. The summed E-state index contributed by atoms with van der Waals surface area (Å²) in [5, 5.41) is 14.9. The van der Waals surface area contributed by atoms with Crippen molar-refractivity contribution in [3.63, 3.8) is 0 Å². The molecule has 46 heavy (non-hydrogen) atoms. The molecule has 0 saturated carbocycles. The van der Waals surface area contributed by atoms with Gasteiger partial charge in [-0.15, -0.1) is 0 Å². The van der Waals surface area contributed by atoms with E-state index >= 15 is 0 Å². The van der Waals surface area contributed by atoms with Crippen molar-refractivity contribution in [2.45, 2.75) is 44.6 Å². The van der Waals surface area contributed by atoms with E-state index < -0.39 is 22.4 Å². The van der Waals surface area contributed by atoms with Crippen LogP contribution in [0, 0.1) is 0 Å². The minimum absolute atomic E-state index is 0.0391. The van der Waals surface area contributed by atoms with Gasteiger partial charge in [0.25, 0.3) is 0 Å².